The lowest BCUT2D eigenvalue weighted by Gasteiger charge is -2.30. The number of allylic oxidation sites excluding steroid dienone is 2. The summed E-state index contributed by atoms with van der Waals surface area (Å²) in [5.74, 6) is -1.52. The molecule has 9 nitrogen and oxygen atoms in total. The molecule has 2 amide bonds. The molecule has 0 aromatic rings. The van der Waals surface area contributed by atoms with Crippen molar-refractivity contribution in [2.75, 3.05) is 26.3 Å². The van der Waals surface area contributed by atoms with E-state index in [9.17, 15) is 24.3 Å². The summed E-state index contributed by atoms with van der Waals surface area (Å²) in [7, 11) is 0. The first-order valence-electron chi connectivity index (χ1n) is 17.0. The van der Waals surface area contributed by atoms with E-state index in [1.165, 1.54) is 57.8 Å². The van der Waals surface area contributed by atoms with E-state index in [1.54, 1.807) is 34.6 Å². The molecule has 3 N–H and O–H groups in total. The van der Waals surface area contributed by atoms with Crippen LogP contribution in [0.5, 0.6) is 0 Å². The number of aliphatic hydroxyl groups is 1. The quantitative estimate of drug-likeness (QED) is 0.0565. The van der Waals surface area contributed by atoms with E-state index < -0.39 is 34.8 Å². The lowest BCUT2D eigenvalue weighted by Crippen LogP contribution is -2.47. The van der Waals surface area contributed by atoms with Gasteiger partial charge in [-0.1, -0.05) is 84.3 Å². The zero-order valence-corrected chi connectivity index (χ0v) is 28.8. The van der Waals surface area contributed by atoms with Crippen molar-refractivity contribution in [1.29, 1.82) is 0 Å². The third kappa shape index (κ3) is 23.0. The molecular weight excluding hydrogens is 560 g/mol. The Labute approximate surface area is 267 Å². The van der Waals surface area contributed by atoms with Gasteiger partial charge in [0.25, 0.3) is 0 Å². The van der Waals surface area contributed by atoms with Crippen molar-refractivity contribution in [3.8, 4) is 0 Å². The molecule has 0 aromatic carbocycles. The van der Waals surface area contributed by atoms with Gasteiger partial charge in [0, 0.05) is 24.9 Å². The summed E-state index contributed by atoms with van der Waals surface area (Å²) in [4.78, 5) is 48.2. The molecular formula is C35H64N2O7. The summed E-state index contributed by atoms with van der Waals surface area (Å²) < 4.78 is 10.4. The number of aliphatic hydroxyl groups excluding tert-OH is 1. The highest BCUT2D eigenvalue weighted by Gasteiger charge is 2.36. The van der Waals surface area contributed by atoms with Crippen LogP contribution in [0.15, 0.2) is 12.2 Å². The molecule has 0 saturated carbocycles. The minimum absolute atomic E-state index is 0.0132. The van der Waals surface area contributed by atoms with Crippen molar-refractivity contribution in [3.05, 3.63) is 12.2 Å². The van der Waals surface area contributed by atoms with Crippen LogP contribution in [0.1, 0.15) is 144 Å². The average molecular weight is 625 g/mol. The van der Waals surface area contributed by atoms with Crippen molar-refractivity contribution in [3.63, 3.8) is 0 Å². The zero-order valence-electron chi connectivity index (χ0n) is 28.8. The van der Waals surface area contributed by atoms with Gasteiger partial charge in [0.05, 0.1) is 25.0 Å². The van der Waals surface area contributed by atoms with Crippen molar-refractivity contribution in [1.82, 2.24) is 10.6 Å². The number of ether oxygens (including phenoxy) is 2. The molecule has 0 aromatic heterocycles. The first-order valence-corrected chi connectivity index (χ1v) is 17.0. The van der Waals surface area contributed by atoms with Crippen LogP contribution in [0.4, 0.5) is 0 Å². The van der Waals surface area contributed by atoms with Gasteiger partial charge in [-0.25, -0.2) is 0 Å². The Morgan fingerprint density at radius 3 is 1.86 bits per heavy atom. The molecule has 0 fully saturated rings. The second kappa shape index (κ2) is 24.8. The van der Waals surface area contributed by atoms with Crippen LogP contribution in [0.2, 0.25) is 0 Å². The number of amides is 2. The van der Waals surface area contributed by atoms with Gasteiger partial charge in [-0.05, 0) is 59.3 Å². The summed E-state index contributed by atoms with van der Waals surface area (Å²) in [6, 6.07) is 0. The van der Waals surface area contributed by atoms with Crippen molar-refractivity contribution in [2.24, 2.45) is 10.8 Å². The lowest BCUT2D eigenvalue weighted by atomic mass is 9.86. The topological polar surface area (TPSA) is 131 Å². The van der Waals surface area contributed by atoms with Gasteiger partial charge in [0.2, 0.25) is 11.8 Å². The minimum Gasteiger partial charge on any atom is -0.466 e. The van der Waals surface area contributed by atoms with Gasteiger partial charge in [-0.15, -0.1) is 0 Å². The maximum atomic E-state index is 12.3. The lowest BCUT2D eigenvalue weighted by molar-refractivity contribution is -0.161. The van der Waals surface area contributed by atoms with Gasteiger partial charge in [0.1, 0.15) is 6.10 Å². The minimum atomic E-state index is -1.42. The van der Waals surface area contributed by atoms with Crippen molar-refractivity contribution in [2.45, 2.75) is 150 Å². The Morgan fingerprint density at radius 2 is 1.27 bits per heavy atom. The molecule has 44 heavy (non-hydrogen) atoms. The molecule has 0 aliphatic carbocycles. The van der Waals surface area contributed by atoms with Crippen molar-refractivity contribution >= 4 is 23.8 Å². The van der Waals surface area contributed by atoms with E-state index in [0.29, 0.717) is 19.4 Å². The maximum absolute atomic E-state index is 12.3. The van der Waals surface area contributed by atoms with Crippen LogP contribution in [-0.4, -0.2) is 61.3 Å². The first kappa shape index (κ1) is 41.6. The van der Waals surface area contributed by atoms with E-state index in [2.05, 4.69) is 29.7 Å². The molecule has 256 valence electrons. The normalized spacial score (nSPS) is 12.6. The van der Waals surface area contributed by atoms with E-state index in [-0.39, 0.29) is 32.1 Å². The maximum Gasteiger partial charge on any atom is 0.311 e. The SMILES string of the molecule is CCCCCCCC/C=C\CCCCCCCC(=O)NCCCOC(=O)CCNC(=O)C(O)C(C)(C)COC(=O)C(C)(C)C. The van der Waals surface area contributed by atoms with Gasteiger partial charge in [0.15, 0.2) is 0 Å². The monoisotopic (exact) mass is 624 g/mol. The van der Waals surface area contributed by atoms with Gasteiger partial charge in [-0.2, -0.15) is 0 Å². The largest absolute Gasteiger partial charge is 0.466 e. The number of esters is 2. The summed E-state index contributed by atoms with van der Waals surface area (Å²) in [5.41, 5.74) is -1.68. The molecule has 0 aliphatic heterocycles. The van der Waals surface area contributed by atoms with Gasteiger partial charge < -0.3 is 25.2 Å². The fourth-order valence-corrected chi connectivity index (χ4v) is 4.29. The summed E-state index contributed by atoms with van der Waals surface area (Å²) in [6.45, 7) is 11.2. The zero-order chi connectivity index (χ0) is 33.3. The fraction of sp³-hybridized carbons (Fsp3) is 0.829. The molecule has 0 saturated heterocycles. The van der Waals surface area contributed by atoms with Gasteiger partial charge in [-0.3, -0.25) is 19.2 Å². The molecule has 0 radical (unpaired) electrons. The molecule has 9 heteroatoms. The molecule has 0 spiro atoms. The van der Waals surface area contributed by atoms with Crippen LogP contribution < -0.4 is 10.6 Å². The Bertz CT molecular complexity index is 833. The highest BCUT2D eigenvalue weighted by molar-refractivity contribution is 5.82. The number of hydrogen-bond donors (Lipinski definition) is 3. The number of hydrogen-bond acceptors (Lipinski definition) is 7. The molecule has 0 aliphatic rings. The highest BCUT2D eigenvalue weighted by atomic mass is 16.5. The fourth-order valence-electron chi connectivity index (χ4n) is 4.29. The predicted octanol–water partition coefficient (Wildman–Crippen LogP) is 6.56. The predicted molar refractivity (Wildman–Crippen MR) is 176 cm³/mol. The average Bonchev–Trinajstić information content (AvgIpc) is 2.96. The Hall–Kier alpha value is -2.42. The third-order valence-electron chi connectivity index (χ3n) is 7.38. The summed E-state index contributed by atoms with van der Waals surface area (Å²) in [5, 5.41) is 15.8. The molecule has 0 bridgehead atoms. The van der Waals surface area contributed by atoms with Crippen molar-refractivity contribution < 1.29 is 33.8 Å². The molecule has 0 rings (SSSR count). The van der Waals surface area contributed by atoms with Crippen LogP contribution in [-0.2, 0) is 28.7 Å². The number of rotatable bonds is 26. The van der Waals surface area contributed by atoms with Crippen LogP contribution in [0, 0.1) is 10.8 Å². The van der Waals surface area contributed by atoms with E-state index in [0.717, 1.165) is 25.7 Å². The van der Waals surface area contributed by atoms with E-state index in [1.807, 2.05) is 0 Å². The van der Waals surface area contributed by atoms with Crippen LogP contribution in [0.25, 0.3) is 0 Å². The molecule has 1 unspecified atom stereocenters. The molecule has 0 heterocycles. The van der Waals surface area contributed by atoms with E-state index >= 15 is 0 Å². The third-order valence-corrected chi connectivity index (χ3v) is 7.38. The second-order valence-corrected chi connectivity index (χ2v) is 13.5. The molecule has 1 atom stereocenters. The number of unbranched alkanes of at least 4 members (excludes halogenated alkanes) is 11. The Balaban J connectivity index is 3.74. The van der Waals surface area contributed by atoms with Gasteiger partial charge >= 0.3 is 11.9 Å². The van der Waals surface area contributed by atoms with Crippen LogP contribution in [0.3, 0.4) is 0 Å². The Morgan fingerprint density at radius 1 is 0.705 bits per heavy atom. The summed E-state index contributed by atoms with van der Waals surface area (Å²) in [6.07, 6.45) is 20.1. The standard InChI is InChI=1S/C35H64N2O7/c1-7-8-9-10-11-12-13-14-15-16-17-18-19-20-21-23-29(38)36-25-22-27-43-30(39)24-26-37-32(41)31(40)35(5,6)28-44-33(42)34(2,3)4/h14-15,31,40H,7-13,16-28H2,1-6H3,(H,36,38)(H,37,41)/b15-14-. The second-order valence-electron chi connectivity index (χ2n) is 13.5. The number of carbonyl (C=O) groups excluding carboxylic acids is 4. The first-order chi connectivity index (χ1) is 20.8. The Kier molecular flexibility index (Phi) is 23.5. The number of carbonyl (C=O) groups is 4. The summed E-state index contributed by atoms with van der Waals surface area (Å²) >= 11 is 0. The number of nitrogens with one attached hydrogen (secondary N) is 2. The van der Waals surface area contributed by atoms with Crippen LogP contribution >= 0.6 is 0 Å². The smallest absolute Gasteiger partial charge is 0.311 e. The highest BCUT2D eigenvalue weighted by Crippen LogP contribution is 2.24. The van der Waals surface area contributed by atoms with E-state index in [4.69, 9.17) is 9.47 Å².